The minimum atomic E-state index is -1.86. The molecule has 2 aromatic heterocycles. The number of aromatic nitrogens is 2. The molecule has 0 aliphatic carbocycles. The molecular weight excluding hydrogens is 398 g/mol. The van der Waals surface area contributed by atoms with Crippen molar-refractivity contribution >= 4 is 22.8 Å². The van der Waals surface area contributed by atoms with Gasteiger partial charge in [0.15, 0.2) is 11.6 Å². The van der Waals surface area contributed by atoms with Crippen molar-refractivity contribution in [3.8, 4) is 11.4 Å². The molecule has 5 N–H and O–H groups in total. The molecule has 0 fully saturated rings. The van der Waals surface area contributed by atoms with Gasteiger partial charge < -0.3 is 25.9 Å². The summed E-state index contributed by atoms with van der Waals surface area (Å²) in [6, 6.07) is 9.31. The van der Waals surface area contributed by atoms with Crippen LogP contribution in [0.15, 0.2) is 40.1 Å². The fourth-order valence-electron chi connectivity index (χ4n) is 4.46. The highest BCUT2D eigenvalue weighted by molar-refractivity contribution is 5.89. The first-order valence-corrected chi connectivity index (χ1v) is 9.98. The average molecular weight is 419 g/mol. The molecule has 0 saturated heterocycles. The number of cyclic esters (lactones) is 1. The van der Waals surface area contributed by atoms with Crippen molar-refractivity contribution in [3.63, 3.8) is 0 Å². The number of nitrogens with zero attached hydrogens (tertiary/aromatic N) is 3. The first kappa shape index (κ1) is 19.3. The summed E-state index contributed by atoms with van der Waals surface area (Å²) in [5, 5.41) is 11.9. The largest absolute Gasteiger partial charge is 0.458 e. The monoisotopic (exact) mass is 419 g/mol. The van der Waals surface area contributed by atoms with Gasteiger partial charge in [-0.25, -0.2) is 14.8 Å². The van der Waals surface area contributed by atoms with E-state index in [9.17, 15) is 14.7 Å². The van der Waals surface area contributed by atoms with Gasteiger partial charge in [-0.05, 0) is 24.1 Å². The standard InChI is InChI=1S/C22H21N5O4/c1-2-22(30)15-7-17-18-13(9-27(17)19(28)14(15)10-31-20(22)29)12(8-25-21(23)24)11-5-3-4-6-16(11)26-18/h3-7,30H,2,8-10H2,1H3,(H4,23,24,25)/t22-/m0/s1. The molecule has 0 saturated carbocycles. The van der Waals surface area contributed by atoms with Gasteiger partial charge >= 0.3 is 5.97 Å². The Morgan fingerprint density at radius 3 is 2.81 bits per heavy atom. The Bertz CT molecular complexity index is 1360. The molecule has 4 heterocycles. The highest BCUT2D eigenvalue weighted by Crippen LogP contribution is 2.40. The number of fused-ring (bicyclic) bond motifs is 5. The molecule has 0 radical (unpaired) electrons. The number of guanidine groups is 1. The maximum Gasteiger partial charge on any atom is 0.343 e. The third-order valence-corrected chi connectivity index (χ3v) is 6.13. The molecule has 5 rings (SSSR count). The number of benzene rings is 1. The number of rotatable bonds is 3. The lowest BCUT2D eigenvalue weighted by molar-refractivity contribution is -0.172. The van der Waals surface area contributed by atoms with E-state index in [2.05, 4.69) is 4.99 Å². The molecule has 3 aromatic rings. The fraction of sp³-hybridized carbons (Fsp3) is 0.273. The zero-order chi connectivity index (χ0) is 21.9. The summed E-state index contributed by atoms with van der Waals surface area (Å²) in [7, 11) is 0. The second kappa shape index (κ2) is 6.64. The van der Waals surface area contributed by atoms with E-state index in [1.807, 2.05) is 24.3 Å². The van der Waals surface area contributed by atoms with Crippen LogP contribution < -0.4 is 17.0 Å². The number of hydrogen-bond donors (Lipinski definition) is 3. The van der Waals surface area contributed by atoms with Crippen LogP contribution in [0, 0.1) is 0 Å². The van der Waals surface area contributed by atoms with E-state index in [-0.39, 0.29) is 42.2 Å². The number of hydrogen-bond acceptors (Lipinski definition) is 6. The molecule has 0 bridgehead atoms. The van der Waals surface area contributed by atoms with Gasteiger partial charge in [0.1, 0.15) is 6.61 Å². The van der Waals surface area contributed by atoms with Crippen molar-refractivity contribution in [2.45, 2.75) is 38.6 Å². The Balaban J connectivity index is 1.81. The summed E-state index contributed by atoms with van der Waals surface area (Å²) >= 11 is 0. The zero-order valence-corrected chi connectivity index (χ0v) is 16.9. The lowest BCUT2D eigenvalue weighted by Crippen LogP contribution is -2.44. The molecular formula is C22H21N5O4. The molecule has 9 heteroatoms. The van der Waals surface area contributed by atoms with Crippen LogP contribution >= 0.6 is 0 Å². The smallest absolute Gasteiger partial charge is 0.343 e. The SMILES string of the molecule is CC[C@@]1(O)C(=O)OCc2c1cc1n(c2=O)Cc2c-1nc1ccccc1c2CN=C(N)N. The van der Waals surface area contributed by atoms with E-state index < -0.39 is 11.6 Å². The van der Waals surface area contributed by atoms with E-state index in [4.69, 9.17) is 21.2 Å². The number of pyridine rings is 2. The minimum absolute atomic E-state index is 0.0264. The quantitative estimate of drug-likeness (QED) is 0.253. The van der Waals surface area contributed by atoms with Crippen LogP contribution in [0.4, 0.5) is 0 Å². The van der Waals surface area contributed by atoms with Crippen molar-refractivity contribution in [2.75, 3.05) is 0 Å². The molecule has 2 aliphatic rings. The predicted molar refractivity (Wildman–Crippen MR) is 114 cm³/mol. The van der Waals surface area contributed by atoms with Gasteiger partial charge in [0, 0.05) is 16.5 Å². The van der Waals surface area contributed by atoms with Crippen molar-refractivity contribution in [1.82, 2.24) is 9.55 Å². The Morgan fingerprint density at radius 1 is 1.29 bits per heavy atom. The van der Waals surface area contributed by atoms with Crippen molar-refractivity contribution in [1.29, 1.82) is 0 Å². The molecule has 9 nitrogen and oxygen atoms in total. The Morgan fingerprint density at radius 2 is 2.06 bits per heavy atom. The number of carbonyl (C=O) groups excluding carboxylic acids is 1. The van der Waals surface area contributed by atoms with Crippen molar-refractivity contribution in [3.05, 3.63) is 62.9 Å². The molecule has 0 spiro atoms. The van der Waals surface area contributed by atoms with Gasteiger partial charge in [0.05, 0.1) is 35.6 Å². The Kier molecular flexibility index (Phi) is 4.13. The summed E-state index contributed by atoms with van der Waals surface area (Å²) in [5.41, 5.74) is 13.2. The second-order valence-corrected chi connectivity index (χ2v) is 7.78. The van der Waals surface area contributed by atoms with Gasteiger partial charge in [-0.1, -0.05) is 25.1 Å². The van der Waals surface area contributed by atoms with E-state index in [0.29, 0.717) is 17.9 Å². The number of para-hydroxylation sites is 1. The maximum atomic E-state index is 13.3. The third-order valence-electron chi connectivity index (χ3n) is 6.13. The first-order chi connectivity index (χ1) is 14.8. The number of nitrogens with two attached hydrogens (primary N) is 2. The normalized spacial score (nSPS) is 18.8. The van der Waals surface area contributed by atoms with Crippen LogP contribution in [0.1, 0.15) is 35.6 Å². The number of esters is 1. The highest BCUT2D eigenvalue weighted by atomic mass is 16.6. The summed E-state index contributed by atoms with van der Waals surface area (Å²) in [5.74, 6) is -0.772. The first-order valence-electron chi connectivity index (χ1n) is 9.98. The molecule has 1 atom stereocenters. The minimum Gasteiger partial charge on any atom is -0.458 e. The van der Waals surface area contributed by atoms with E-state index >= 15 is 0 Å². The van der Waals surface area contributed by atoms with Crippen LogP contribution in [0.25, 0.3) is 22.3 Å². The molecule has 0 amide bonds. The summed E-state index contributed by atoms with van der Waals surface area (Å²) in [6.07, 6.45) is 0.0927. The van der Waals surface area contributed by atoms with E-state index in [1.165, 1.54) is 0 Å². The number of aliphatic imine (C=N–C) groups is 1. The van der Waals surface area contributed by atoms with Gasteiger partial charge in [-0.2, -0.15) is 0 Å². The molecule has 31 heavy (non-hydrogen) atoms. The third kappa shape index (κ3) is 2.66. The van der Waals surface area contributed by atoms with Crippen LogP contribution in [0.5, 0.6) is 0 Å². The van der Waals surface area contributed by atoms with Gasteiger partial charge in [0.25, 0.3) is 5.56 Å². The van der Waals surface area contributed by atoms with Crippen LogP contribution in [-0.2, 0) is 34.8 Å². The average Bonchev–Trinajstić information content (AvgIpc) is 3.13. The fourth-order valence-corrected chi connectivity index (χ4v) is 4.46. The van der Waals surface area contributed by atoms with Crippen LogP contribution in [0.3, 0.4) is 0 Å². The summed E-state index contributed by atoms with van der Waals surface area (Å²) in [6.45, 7) is 2.05. The van der Waals surface area contributed by atoms with E-state index in [1.54, 1.807) is 17.6 Å². The highest BCUT2D eigenvalue weighted by Gasteiger charge is 2.45. The second-order valence-electron chi connectivity index (χ2n) is 7.78. The number of aliphatic hydroxyl groups is 1. The molecule has 158 valence electrons. The summed E-state index contributed by atoms with van der Waals surface area (Å²) in [4.78, 5) is 34.6. The summed E-state index contributed by atoms with van der Waals surface area (Å²) < 4.78 is 6.72. The number of carbonyl (C=O) groups is 1. The Hall–Kier alpha value is -3.72. The van der Waals surface area contributed by atoms with Gasteiger partial charge in [-0.3, -0.25) is 4.79 Å². The zero-order valence-electron chi connectivity index (χ0n) is 16.9. The number of ether oxygens (including phenoxy) is 1. The van der Waals surface area contributed by atoms with Crippen LogP contribution in [0.2, 0.25) is 0 Å². The van der Waals surface area contributed by atoms with Gasteiger partial charge in [-0.15, -0.1) is 0 Å². The lowest BCUT2D eigenvalue weighted by Gasteiger charge is -2.31. The van der Waals surface area contributed by atoms with Crippen molar-refractivity contribution in [2.24, 2.45) is 16.5 Å². The van der Waals surface area contributed by atoms with Gasteiger partial charge in [0.2, 0.25) is 0 Å². The molecule has 2 aliphatic heterocycles. The topological polar surface area (TPSA) is 146 Å². The molecule has 1 aromatic carbocycles. The predicted octanol–water partition coefficient (Wildman–Crippen LogP) is 0.853. The molecule has 0 unspecified atom stereocenters. The lowest BCUT2D eigenvalue weighted by atomic mass is 9.86. The maximum absolute atomic E-state index is 13.3. The van der Waals surface area contributed by atoms with Crippen molar-refractivity contribution < 1.29 is 14.6 Å². The van der Waals surface area contributed by atoms with E-state index in [0.717, 1.165) is 22.0 Å². The van der Waals surface area contributed by atoms with Crippen LogP contribution in [-0.4, -0.2) is 26.6 Å². The Labute approximate surface area is 177 Å².